The highest BCUT2D eigenvalue weighted by atomic mass is 32.2. The lowest BCUT2D eigenvalue weighted by Crippen LogP contribution is -2.37. The van der Waals surface area contributed by atoms with Crippen molar-refractivity contribution in [2.45, 2.75) is 18.9 Å². The zero-order valence-corrected chi connectivity index (χ0v) is 9.46. The van der Waals surface area contributed by atoms with E-state index in [0.717, 1.165) is 18.6 Å². The van der Waals surface area contributed by atoms with Gasteiger partial charge in [-0.2, -0.15) is 11.8 Å². The van der Waals surface area contributed by atoms with Gasteiger partial charge in [0.25, 0.3) is 0 Å². The molecule has 1 heterocycles. The van der Waals surface area contributed by atoms with Gasteiger partial charge in [0.1, 0.15) is 0 Å². The van der Waals surface area contributed by atoms with E-state index in [1.807, 2.05) is 23.1 Å². The fourth-order valence-electron chi connectivity index (χ4n) is 1.19. The van der Waals surface area contributed by atoms with Gasteiger partial charge in [-0.25, -0.2) is 0 Å². The molecule has 74 valence electrons. The lowest BCUT2D eigenvalue weighted by atomic mass is 10.2. The Labute approximate surface area is 87.9 Å². The van der Waals surface area contributed by atoms with Crippen LogP contribution in [-0.2, 0) is 6.42 Å². The second-order valence-electron chi connectivity index (χ2n) is 2.94. The van der Waals surface area contributed by atoms with Crippen LogP contribution in [0.3, 0.4) is 0 Å². The first-order chi connectivity index (χ1) is 6.36. The number of hydrogen-bond acceptors (Lipinski definition) is 4. The molecule has 0 aliphatic heterocycles. The van der Waals surface area contributed by atoms with E-state index < -0.39 is 0 Å². The van der Waals surface area contributed by atoms with Crippen LogP contribution in [0.5, 0.6) is 0 Å². The summed E-state index contributed by atoms with van der Waals surface area (Å²) in [5.41, 5.74) is 2.85. The zero-order valence-electron chi connectivity index (χ0n) is 7.82. The molecule has 0 aromatic carbocycles. The molecule has 1 rings (SSSR count). The van der Waals surface area contributed by atoms with Crippen molar-refractivity contribution in [2.24, 2.45) is 5.84 Å². The number of hydrazine groups is 1. The largest absolute Gasteiger partial charge is 0.271 e. The number of hydrogen-bond donors (Lipinski definition) is 2. The van der Waals surface area contributed by atoms with E-state index in [1.54, 1.807) is 0 Å². The van der Waals surface area contributed by atoms with Crippen LogP contribution in [0.15, 0.2) is 17.5 Å². The minimum Gasteiger partial charge on any atom is -0.271 e. The monoisotopic (exact) mass is 216 g/mol. The molecule has 4 heteroatoms. The van der Waals surface area contributed by atoms with Crippen LogP contribution in [0.1, 0.15) is 11.3 Å². The van der Waals surface area contributed by atoms with Gasteiger partial charge in [0.05, 0.1) is 0 Å². The van der Waals surface area contributed by atoms with Crippen molar-refractivity contribution in [3.8, 4) is 0 Å². The first-order valence-corrected chi connectivity index (χ1v) is 6.61. The topological polar surface area (TPSA) is 38.0 Å². The molecule has 0 spiro atoms. The number of aryl methyl sites for hydroxylation is 1. The summed E-state index contributed by atoms with van der Waals surface area (Å²) in [7, 11) is 0. The second kappa shape index (κ2) is 6.43. The Morgan fingerprint density at radius 3 is 3.08 bits per heavy atom. The molecule has 0 bridgehead atoms. The van der Waals surface area contributed by atoms with E-state index in [-0.39, 0.29) is 0 Å². The van der Waals surface area contributed by atoms with Crippen LogP contribution in [0.4, 0.5) is 0 Å². The van der Waals surface area contributed by atoms with E-state index in [1.165, 1.54) is 4.88 Å². The first-order valence-electron chi connectivity index (χ1n) is 4.34. The number of thiophene rings is 1. The average Bonchev–Trinajstić information content (AvgIpc) is 2.64. The molecule has 13 heavy (non-hydrogen) atoms. The summed E-state index contributed by atoms with van der Waals surface area (Å²) in [5, 5.41) is 2.12. The summed E-state index contributed by atoms with van der Waals surface area (Å²) in [6.07, 6.45) is 4.36. The third-order valence-electron chi connectivity index (χ3n) is 1.92. The molecule has 0 amide bonds. The maximum Gasteiger partial charge on any atom is 0.0304 e. The molecule has 3 N–H and O–H groups in total. The summed E-state index contributed by atoms with van der Waals surface area (Å²) in [4.78, 5) is 1.45. The van der Waals surface area contributed by atoms with Crippen LogP contribution < -0.4 is 11.3 Å². The fourth-order valence-corrected chi connectivity index (χ4v) is 2.58. The molecule has 0 fully saturated rings. The van der Waals surface area contributed by atoms with E-state index in [0.29, 0.717) is 6.04 Å². The van der Waals surface area contributed by atoms with Crippen molar-refractivity contribution >= 4 is 23.1 Å². The molecule has 1 aromatic heterocycles. The van der Waals surface area contributed by atoms with Gasteiger partial charge in [-0.05, 0) is 30.5 Å². The normalized spacial score (nSPS) is 13.1. The van der Waals surface area contributed by atoms with Gasteiger partial charge >= 0.3 is 0 Å². The van der Waals surface area contributed by atoms with Gasteiger partial charge < -0.3 is 0 Å². The van der Waals surface area contributed by atoms with Crippen LogP contribution in [0, 0.1) is 0 Å². The van der Waals surface area contributed by atoms with Gasteiger partial charge in [0.15, 0.2) is 0 Å². The van der Waals surface area contributed by atoms with E-state index in [2.05, 4.69) is 29.2 Å². The molecular weight excluding hydrogens is 200 g/mol. The molecule has 0 radical (unpaired) electrons. The summed E-state index contributed by atoms with van der Waals surface area (Å²) < 4.78 is 0. The van der Waals surface area contributed by atoms with Crippen LogP contribution in [-0.4, -0.2) is 18.1 Å². The predicted molar refractivity (Wildman–Crippen MR) is 62.1 cm³/mol. The summed E-state index contributed by atoms with van der Waals surface area (Å²) in [6.45, 7) is 0. The molecule has 1 aromatic rings. The number of nitrogens with one attached hydrogen (secondary N) is 1. The van der Waals surface area contributed by atoms with Crippen molar-refractivity contribution in [3.63, 3.8) is 0 Å². The molecule has 0 saturated heterocycles. The average molecular weight is 216 g/mol. The Balaban J connectivity index is 2.23. The molecule has 0 aliphatic carbocycles. The highest BCUT2D eigenvalue weighted by Crippen LogP contribution is 2.13. The van der Waals surface area contributed by atoms with E-state index in [4.69, 9.17) is 5.84 Å². The van der Waals surface area contributed by atoms with Gasteiger partial charge in [-0.3, -0.25) is 11.3 Å². The van der Waals surface area contributed by atoms with Crippen molar-refractivity contribution in [1.29, 1.82) is 0 Å². The van der Waals surface area contributed by atoms with Gasteiger partial charge in [0, 0.05) is 16.7 Å². The van der Waals surface area contributed by atoms with Crippen LogP contribution >= 0.6 is 23.1 Å². The van der Waals surface area contributed by atoms with Crippen molar-refractivity contribution in [2.75, 3.05) is 12.0 Å². The molecule has 0 saturated carbocycles. The maximum absolute atomic E-state index is 5.44. The maximum atomic E-state index is 5.44. The van der Waals surface area contributed by atoms with Crippen LogP contribution in [0.25, 0.3) is 0 Å². The smallest absolute Gasteiger partial charge is 0.0304 e. The molecule has 2 nitrogen and oxygen atoms in total. The summed E-state index contributed by atoms with van der Waals surface area (Å²) in [6, 6.07) is 4.72. The Morgan fingerprint density at radius 2 is 2.54 bits per heavy atom. The molecule has 1 unspecified atom stereocenters. The fraction of sp³-hybridized carbons (Fsp3) is 0.556. The predicted octanol–water partition coefficient (Wildman–Crippen LogP) is 1.88. The number of rotatable bonds is 6. The van der Waals surface area contributed by atoms with E-state index in [9.17, 15) is 0 Å². The summed E-state index contributed by atoms with van der Waals surface area (Å²) >= 11 is 3.65. The minimum atomic E-state index is 0.442. The highest BCUT2D eigenvalue weighted by molar-refractivity contribution is 7.98. The van der Waals surface area contributed by atoms with Crippen molar-refractivity contribution in [3.05, 3.63) is 22.4 Å². The van der Waals surface area contributed by atoms with Gasteiger partial charge in [0.2, 0.25) is 0 Å². The lowest BCUT2D eigenvalue weighted by molar-refractivity contribution is 0.541. The lowest BCUT2D eigenvalue weighted by Gasteiger charge is -2.13. The first kappa shape index (κ1) is 11.0. The Bertz CT molecular complexity index is 211. The molecular formula is C9H16N2S2. The van der Waals surface area contributed by atoms with Crippen LogP contribution in [0.2, 0.25) is 0 Å². The highest BCUT2D eigenvalue weighted by Gasteiger charge is 2.05. The van der Waals surface area contributed by atoms with Gasteiger partial charge in [-0.15, -0.1) is 11.3 Å². The van der Waals surface area contributed by atoms with E-state index >= 15 is 0 Å². The minimum absolute atomic E-state index is 0.442. The Kier molecular flexibility index (Phi) is 5.46. The number of thioether (sulfide) groups is 1. The third-order valence-corrected chi connectivity index (χ3v) is 3.59. The standard InChI is InChI=1S/C9H16N2S2/c1-12-7-8(11-10)4-5-9-3-2-6-13-9/h2-3,6,8,11H,4-5,7,10H2,1H3. The third kappa shape index (κ3) is 4.13. The van der Waals surface area contributed by atoms with Crippen molar-refractivity contribution in [1.82, 2.24) is 5.43 Å². The quantitative estimate of drug-likeness (QED) is 0.563. The Hall–Kier alpha value is -0.0300. The molecule has 0 aliphatic rings. The SMILES string of the molecule is CSCC(CCc1cccs1)NN. The Morgan fingerprint density at radius 1 is 1.69 bits per heavy atom. The second-order valence-corrected chi connectivity index (χ2v) is 4.88. The zero-order chi connectivity index (χ0) is 9.52. The van der Waals surface area contributed by atoms with Crippen molar-refractivity contribution < 1.29 is 0 Å². The van der Waals surface area contributed by atoms with Gasteiger partial charge in [-0.1, -0.05) is 6.07 Å². The molecule has 1 atom stereocenters. The summed E-state index contributed by atoms with van der Waals surface area (Å²) in [5.74, 6) is 6.52. The number of nitrogens with two attached hydrogens (primary N) is 1.